The van der Waals surface area contributed by atoms with Gasteiger partial charge in [-0.15, -0.1) is 0 Å². The minimum atomic E-state index is -4.61. The van der Waals surface area contributed by atoms with Gasteiger partial charge in [0.15, 0.2) is 0 Å². The highest BCUT2D eigenvalue weighted by Crippen LogP contribution is 2.47. The number of hydrogen-bond acceptors (Lipinski definition) is 5. The summed E-state index contributed by atoms with van der Waals surface area (Å²) >= 11 is 0. The highest BCUT2D eigenvalue weighted by Gasteiger charge is 2.52. The molecule has 0 spiro atoms. The van der Waals surface area contributed by atoms with Gasteiger partial charge in [0.1, 0.15) is 5.92 Å². The molecule has 0 radical (unpaired) electrons. The molecule has 218 valence electrons. The second-order valence-corrected chi connectivity index (χ2v) is 11.9. The zero-order valence-electron chi connectivity index (χ0n) is 23.7. The van der Waals surface area contributed by atoms with Gasteiger partial charge in [0.05, 0.1) is 34.5 Å². The molecule has 0 N–H and O–H groups in total. The molecule has 1 saturated carbocycles. The van der Waals surface area contributed by atoms with Gasteiger partial charge in [0.2, 0.25) is 6.67 Å². The molecule has 1 saturated heterocycles. The van der Waals surface area contributed by atoms with E-state index in [4.69, 9.17) is 4.74 Å². The van der Waals surface area contributed by atoms with Crippen LogP contribution >= 0.6 is 0 Å². The summed E-state index contributed by atoms with van der Waals surface area (Å²) in [5, 5.41) is 8.63. The number of likely N-dealkylation sites (tertiary alicyclic amines) is 1. The summed E-state index contributed by atoms with van der Waals surface area (Å²) in [5.74, 6) is 1.05. The van der Waals surface area contributed by atoms with Crippen molar-refractivity contribution in [1.82, 2.24) is 13.9 Å². The zero-order valence-corrected chi connectivity index (χ0v) is 23.7. The van der Waals surface area contributed by atoms with E-state index in [0.717, 1.165) is 61.0 Å². The van der Waals surface area contributed by atoms with Gasteiger partial charge in [-0.1, -0.05) is 19.1 Å². The quantitative estimate of drug-likeness (QED) is 0.355. The van der Waals surface area contributed by atoms with Crippen LogP contribution in [-0.2, 0) is 17.5 Å². The van der Waals surface area contributed by atoms with E-state index in [1.807, 2.05) is 29.8 Å². The van der Waals surface area contributed by atoms with Crippen LogP contribution in [0.1, 0.15) is 61.6 Å². The Hall–Kier alpha value is -3.31. The average Bonchev–Trinajstić information content (AvgIpc) is 3.48. The van der Waals surface area contributed by atoms with Crippen LogP contribution in [0.5, 0.6) is 0 Å². The van der Waals surface area contributed by atoms with Crippen molar-refractivity contribution in [3.8, 4) is 5.69 Å². The molecule has 2 fully saturated rings. The summed E-state index contributed by atoms with van der Waals surface area (Å²) < 4.78 is 53.4. The normalized spacial score (nSPS) is 22.0. The number of piperidine rings is 1. The number of azo groups is 1. The third-order valence-electron chi connectivity index (χ3n) is 8.99. The van der Waals surface area contributed by atoms with Crippen LogP contribution in [0.25, 0.3) is 11.2 Å². The molecule has 41 heavy (non-hydrogen) atoms. The second kappa shape index (κ2) is 10.5. The molecular formula is C30H36F3N6O2+. The lowest BCUT2D eigenvalue weighted by Crippen LogP contribution is -2.48. The van der Waals surface area contributed by atoms with Gasteiger partial charge in [0, 0.05) is 32.6 Å². The van der Waals surface area contributed by atoms with Gasteiger partial charge in [-0.05, 0) is 79.0 Å². The molecule has 6 rings (SSSR count). The maximum absolute atomic E-state index is 14.3. The highest BCUT2D eigenvalue weighted by molar-refractivity contribution is 5.87. The number of halogens is 3. The average molecular weight is 570 g/mol. The summed E-state index contributed by atoms with van der Waals surface area (Å²) in [6, 6.07) is 8.59. The summed E-state index contributed by atoms with van der Waals surface area (Å²) in [5.41, 5.74) is -0.108. The summed E-state index contributed by atoms with van der Waals surface area (Å²) in [6.45, 7) is 4.65. The van der Waals surface area contributed by atoms with Crippen LogP contribution in [0.15, 0.2) is 57.7 Å². The van der Waals surface area contributed by atoms with Crippen LogP contribution in [0, 0.1) is 5.92 Å². The number of methoxy groups -OCH3 is 1. The number of nitrogens with zero attached hydrogens (tertiary/aromatic N) is 6. The van der Waals surface area contributed by atoms with Crippen molar-refractivity contribution in [2.24, 2.45) is 16.1 Å². The Kier molecular flexibility index (Phi) is 7.14. The van der Waals surface area contributed by atoms with E-state index in [9.17, 15) is 18.0 Å². The Morgan fingerprint density at radius 3 is 2.63 bits per heavy atom. The molecule has 4 heterocycles. The molecular weight excluding hydrogens is 533 g/mol. The number of alkyl halides is 3. The smallest absolute Gasteiger partial charge is 0.377 e. The largest absolute Gasteiger partial charge is 0.418 e. The van der Waals surface area contributed by atoms with Crippen molar-refractivity contribution in [2.75, 3.05) is 33.9 Å². The Bertz CT molecular complexity index is 1580. The molecule has 2 aromatic heterocycles. The molecule has 0 amide bonds. The van der Waals surface area contributed by atoms with Crippen molar-refractivity contribution in [3.05, 3.63) is 69.9 Å². The van der Waals surface area contributed by atoms with E-state index < -0.39 is 23.0 Å². The minimum absolute atomic E-state index is 0.161. The molecule has 1 aliphatic carbocycles. The first kappa shape index (κ1) is 27.8. The number of aromatic nitrogens is 2. The number of imidazole rings is 1. The van der Waals surface area contributed by atoms with Gasteiger partial charge in [-0.3, -0.25) is 13.9 Å². The standard InChI is InChI=1S/C30H36F3N6O2/c1-20-7-5-12-37(15-20)16-21-13-24(30(31,32)33)25-18-38(28(40)39(25)17-21)23-9-4-8-22(14-23)26(27-35-34-19-36(27)2)29(41-3)10-6-11-29/h4,8-9,13-14,17-18,20,26H,5-7,10-12,15-16,19H2,1-3H3/q+1/t20-,26-/m0/s1. The summed E-state index contributed by atoms with van der Waals surface area (Å²) in [4.78, 5) is 15.9. The van der Waals surface area contributed by atoms with E-state index >= 15 is 0 Å². The molecule has 3 aliphatic rings. The molecule has 11 heteroatoms. The van der Waals surface area contributed by atoms with E-state index in [1.54, 1.807) is 19.4 Å². The Morgan fingerprint density at radius 1 is 1.20 bits per heavy atom. The molecule has 2 aliphatic heterocycles. The molecule has 0 unspecified atom stereocenters. The molecule has 0 bridgehead atoms. The SMILES string of the molecule is COC1([C@H](C2=[N+](C)CN=N2)c2cccc(-n3cc4c(C(F)(F)F)cc(CN5CCC[C@H](C)C5)cn4c3=O)c2)CCC1. The fourth-order valence-corrected chi connectivity index (χ4v) is 6.74. The first-order valence-corrected chi connectivity index (χ1v) is 14.3. The van der Waals surface area contributed by atoms with Crippen LogP contribution in [0.4, 0.5) is 13.2 Å². The third-order valence-corrected chi connectivity index (χ3v) is 8.99. The van der Waals surface area contributed by atoms with Crippen LogP contribution < -0.4 is 5.69 Å². The van der Waals surface area contributed by atoms with Crippen molar-refractivity contribution < 1.29 is 22.5 Å². The van der Waals surface area contributed by atoms with E-state index in [0.29, 0.717) is 30.4 Å². The third kappa shape index (κ3) is 5.03. The van der Waals surface area contributed by atoms with Crippen molar-refractivity contribution >= 4 is 11.4 Å². The predicted molar refractivity (Wildman–Crippen MR) is 149 cm³/mol. The zero-order chi connectivity index (χ0) is 28.9. The topological polar surface area (TPSA) is 66.6 Å². The van der Waals surface area contributed by atoms with Crippen LogP contribution in [-0.4, -0.2) is 63.8 Å². The molecule has 3 aromatic rings. The van der Waals surface area contributed by atoms with E-state index in [2.05, 4.69) is 22.1 Å². The van der Waals surface area contributed by atoms with Gasteiger partial charge in [-0.2, -0.15) is 13.2 Å². The first-order valence-electron chi connectivity index (χ1n) is 14.3. The van der Waals surface area contributed by atoms with Gasteiger partial charge < -0.3 is 4.74 Å². The fourth-order valence-electron chi connectivity index (χ4n) is 6.74. The molecule has 8 nitrogen and oxygen atoms in total. The highest BCUT2D eigenvalue weighted by atomic mass is 19.4. The van der Waals surface area contributed by atoms with Gasteiger partial charge in [-0.25, -0.2) is 9.37 Å². The number of rotatable bonds is 7. The molecule has 2 atom stereocenters. The van der Waals surface area contributed by atoms with Gasteiger partial charge in [0.25, 0.3) is 0 Å². The maximum Gasteiger partial charge on any atom is 0.418 e. The second-order valence-electron chi connectivity index (χ2n) is 11.9. The van der Waals surface area contributed by atoms with Gasteiger partial charge >= 0.3 is 17.7 Å². The Labute approximate surface area is 236 Å². The van der Waals surface area contributed by atoms with E-state index in [1.165, 1.54) is 16.8 Å². The monoisotopic (exact) mass is 569 g/mol. The molecule has 1 aromatic carbocycles. The minimum Gasteiger partial charge on any atom is -0.377 e. The lowest BCUT2D eigenvalue weighted by molar-refractivity contribution is -0.492. The number of amidine groups is 1. The Balaban J connectivity index is 1.44. The van der Waals surface area contributed by atoms with Crippen molar-refractivity contribution in [3.63, 3.8) is 0 Å². The van der Waals surface area contributed by atoms with E-state index in [-0.39, 0.29) is 11.4 Å². The predicted octanol–water partition coefficient (Wildman–Crippen LogP) is 5.46. The number of benzene rings is 1. The van der Waals surface area contributed by atoms with Crippen molar-refractivity contribution in [2.45, 2.75) is 63.3 Å². The number of ether oxygens (including phenoxy) is 1. The Morgan fingerprint density at radius 2 is 2.00 bits per heavy atom. The number of hydrogen-bond donors (Lipinski definition) is 0. The number of fused-ring (bicyclic) bond motifs is 1. The summed E-state index contributed by atoms with van der Waals surface area (Å²) in [6.07, 6.45) is 3.14. The van der Waals surface area contributed by atoms with Crippen LogP contribution in [0.2, 0.25) is 0 Å². The maximum atomic E-state index is 14.3. The first-order chi connectivity index (χ1) is 19.6. The summed E-state index contributed by atoms with van der Waals surface area (Å²) in [7, 11) is 3.63. The van der Waals surface area contributed by atoms with Crippen LogP contribution in [0.3, 0.4) is 0 Å². The lowest BCUT2D eigenvalue weighted by atomic mass is 9.67. The number of pyridine rings is 1. The lowest BCUT2D eigenvalue weighted by Gasteiger charge is -2.44. The van der Waals surface area contributed by atoms with Crippen molar-refractivity contribution in [1.29, 1.82) is 0 Å². The fraction of sp³-hybridized carbons (Fsp3) is 0.533.